The van der Waals surface area contributed by atoms with Gasteiger partial charge in [0.15, 0.2) is 5.60 Å². The first-order valence-corrected chi connectivity index (χ1v) is 9.43. The van der Waals surface area contributed by atoms with E-state index in [0.717, 1.165) is 28.9 Å². The third-order valence-electron chi connectivity index (χ3n) is 4.24. The molecule has 0 atom stereocenters. The van der Waals surface area contributed by atoms with Gasteiger partial charge in [0, 0.05) is 17.6 Å². The zero-order chi connectivity index (χ0) is 18.6. The Morgan fingerprint density at radius 2 is 1.77 bits per heavy atom. The highest BCUT2D eigenvalue weighted by Gasteiger charge is 2.31. The summed E-state index contributed by atoms with van der Waals surface area (Å²) in [6.45, 7) is 6.54. The maximum absolute atomic E-state index is 12.9. The van der Waals surface area contributed by atoms with Gasteiger partial charge in [-0.2, -0.15) is 0 Å². The maximum atomic E-state index is 12.9. The Balaban J connectivity index is 1.73. The van der Waals surface area contributed by atoms with Crippen LogP contribution in [-0.2, 0) is 9.53 Å². The topological polar surface area (TPSA) is 50.8 Å². The number of benzene rings is 2. The average molecular weight is 419 g/mol. The summed E-state index contributed by atoms with van der Waals surface area (Å²) in [5.41, 5.74) is 0.779. The number of hydrogen-bond acceptors (Lipinski definition) is 4. The molecule has 1 N–H and O–H groups in total. The number of hydrogen-bond donors (Lipinski definition) is 1. The summed E-state index contributed by atoms with van der Waals surface area (Å²) in [5, 5.41) is 3.02. The van der Waals surface area contributed by atoms with Crippen molar-refractivity contribution in [2.75, 3.05) is 36.5 Å². The van der Waals surface area contributed by atoms with Gasteiger partial charge in [0.05, 0.1) is 24.6 Å². The van der Waals surface area contributed by atoms with Gasteiger partial charge in [-0.05, 0) is 50.2 Å². The van der Waals surface area contributed by atoms with E-state index >= 15 is 0 Å². The molecule has 0 spiro atoms. The second kappa shape index (κ2) is 8.10. The number of amides is 1. The van der Waals surface area contributed by atoms with Crippen molar-refractivity contribution in [3.63, 3.8) is 0 Å². The van der Waals surface area contributed by atoms with Crippen molar-refractivity contribution >= 4 is 33.2 Å². The highest BCUT2D eigenvalue weighted by Crippen LogP contribution is 2.28. The Labute approximate surface area is 162 Å². The molecule has 1 heterocycles. The molecule has 1 aliphatic rings. The number of nitrogens with one attached hydrogen (secondary N) is 1. The Bertz CT molecular complexity index is 756. The molecule has 138 valence electrons. The molecule has 0 aromatic heterocycles. The van der Waals surface area contributed by atoms with Gasteiger partial charge in [-0.15, -0.1) is 0 Å². The van der Waals surface area contributed by atoms with E-state index < -0.39 is 5.60 Å². The van der Waals surface area contributed by atoms with Gasteiger partial charge in [0.2, 0.25) is 0 Å². The SMILES string of the molecule is CC(C)(Oc1ccc(Br)cc1)C(=O)Nc1ccccc1N1CCOCC1. The number of para-hydroxylation sites is 2. The lowest BCUT2D eigenvalue weighted by molar-refractivity contribution is -0.128. The number of carbonyl (C=O) groups is 1. The first kappa shape index (κ1) is 18.7. The number of morpholine rings is 1. The first-order chi connectivity index (χ1) is 12.5. The van der Waals surface area contributed by atoms with Crippen molar-refractivity contribution < 1.29 is 14.3 Å². The first-order valence-electron chi connectivity index (χ1n) is 8.63. The van der Waals surface area contributed by atoms with Gasteiger partial charge in [-0.3, -0.25) is 4.79 Å². The van der Waals surface area contributed by atoms with Crippen LogP contribution in [0.3, 0.4) is 0 Å². The lowest BCUT2D eigenvalue weighted by Crippen LogP contribution is -2.43. The molecule has 0 saturated carbocycles. The molecule has 2 aromatic rings. The molecule has 1 amide bonds. The number of anilines is 2. The highest BCUT2D eigenvalue weighted by atomic mass is 79.9. The fourth-order valence-electron chi connectivity index (χ4n) is 2.78. The second-order valence-corrected chi connectivity index (χ2v) is 7.55. The summed E-state index contributed by atoms with van der Waals surface area (Å²) in [5.74, 6) is 0.455. The van der Waals surface area contributed by atoms with Gasteiger partial charge in [-0.1, -0.05) is 28.1 Å². The minimum Gasteiger partial charge on any atom is -0.478 e. The molecule has 5 nitrogen and oxygen atoms in total. The van der Waals surface area contributed by atoms with Crippen molar-refractivity contribution in [3.8, 4) is 5.75 Å². The number of rotatable bonds is 5. The molecule has 6 heteroatoms. The quantitative estimate of drug-likeness (QED) is 0.794. The fourth-order valence-corrected chi connectivity index (χ4v) is 3.04. The molecule has 0 unspecified atom stereocenters. The molecule has 26 heavy (non-hydrogen) atoms. The van der Waals surface area contributed by atoms with Crippen LogP contribution in [0.15, 0.2) is 53.0 Å². The minimum atomic E-state index is -1.01. The second-order valence-electron chi connectivity index (χ2n) is 6.64. The Morgan fingerprint density at radius 1 is 1.12 bits per heavy atom. The number of carbonyl (C=O) groups excluding carboxylic acids is 1. The lowest BCUT2D eigenvalue weighted by atomic mass is 10.1. The number of ether oxygens (including phenoxy) is 2. The molecule has 1 fully saturated rings. The standard InChI is InChI=1S/C20H23BrN2O3/c1-20(2,26-16-9-7-15(21)8-10-16)19(24)22-17-5-3-4-6-18(17)23-11-13-25-14-12-23/h3-10H,11-14H2,1-2H3,(H,22,24). The van der Waals surface area contributed by atoms with E-state index in [2.05, 4.69) is 26.1 Å². The third-order valence-corrected chi connectivity index (χ3v) is 4.77. The summed E-state index contributed by atoms with van der Waals surface area (Å²) in [7, 11) is 0. The van der Waals surface area contributed by atoms with Crippen LogP contribution in [-0.4, -0.2) is 37.8 Å². The monoisotopic (exact) mass is 418 g/mol. The third kappa shape index (κ3) is 4.56. The van der Waals surface area contributed by atoms with E-state index in [-0.39, 0.29) is 5.91 Å². The van der Waals surface area contributed by atoms with E-state index in [0.29, 0.717) is 19.0 Å². The van der Waals surface area contributed by atoms with Crippen LogP contribution in [0.25, 0.3) is 0 Å². The molecular formula is C20H23BrN2O3. The van der Waals surface area contributed by atoms with Crippen LogP contribution in [0.2, 0.25) is 0 Å². The average Bonchev–Trinajstić information content (AvgIpc) is 2.64. The maximum Gasteiger partial charge on any atom is 0.268 e. The van der Waals surface area contributed by atoms with Gasteiger partial charge in [0.1, 0.15) is 5.75 Å². The number of halogens is 1. The van der Waals surface area contributed by atoms with E-state index in [1.807, 2.05) is 48.5 Å². The summed E-state index contributed by atoms with van der Waals surface area (Å²) >= 11 is 3.40. The highest BCUT2D eigenvalue weighted by molar-refractivity contribution is 9.10. The molecular weight excluding hydrogens is 396 g/mol. The summed E-state index contributed by atoms with van der Waals surface area (Å²) < 4.78 is 12.3. The molecule has 0 aliphatic carbocycles. The van der Waals surface area contributed by atoms with Crippen LogP contribution in [0.4, 0.5) is 11.4 Å². The minimum absolute atomic E-state index is 0.193. The largest absolute Gasteiger partial charge is 0.478 e. The van der Waals surface area contributed by atoms with Crippen molar-refractivity contribution in [3.05, 3.63) is 53.0 Å². The van der Waals surface area contributed by atoms with Crippen LogP contribution in [0, 0.1) is 0 Å². The smallest absolute Gasteiger partial charge is 0.268 e. The van der Waals surface area contributed by atoms with Crippen LogP contribution in [0.1, 0.15) is 13.8 Å². The van der Waals surface area contributed by atoms with Crippen LogP contribution >= 0.6 is 15.9 Å². The summed E-state index contributed by atoms with van der Waals surface area (Å²) in [6.07, 6.45) is 0. The van der Waals surface area contributed by atoms with Crippen molar-refractivity contribution in [1.29, 1.82) is 0 Å². The fraction of sp³-hybridized carbons (Fsp3) is 0.350. The van der Waals surface area contributed by atoms with Crippen molar-refractivity contribution in [1.82, 2.24) is 0 Å². The van der Waals surface area contributed by atoms with E-state index in [4.69, 9.17) is 9.47 Å². The molecule has 3 rings (SSSR count). The van der Waals surface area contributed by atoms with Gasteiger partial charge >= 0.3 is 0 Å². The van der Waals surface area contributed by atoms with Gasteiger partial charge < -0.3 is 19.7 Å². The van der Waals surface area contributed by atoms with Gasteiger partial charge in [0.25, 0.3) is 5.91 Å². The summed E-state index contributed by atoms with van der Waals surface area (Å²) in [4.78, 5) is 15.1. The van der Waals surface area contributed by atoms with Crippen molar-refractivity contribution in [2.45, 2.75) is 19.4 Å². The molecule has 0 bridgehead atoms. The lowest BCUT2D eigenvalue weighted by Gasteiger charge is -2.31. The summed E-state index contributed by atoms with van der Waals surface area (Å²) in [6, 6.07) is 15.3. The van der Waals surface area contributed by atoms with Gasteiger partial charge in [-0.25, -0.2) is 0 Å². The van der Waals surface area contributed by atoms with Crippen LogP contribution < -0.4 is 15.0 Å². The normalized spacial score (nSPS) is 14.8. The van der Waals surface area contributed by atoms with Crippen LogP contribution in [0.5, 0.6) is 5.75 Å². The Kier molecular flexibility index (Phi) is 5.84. The predicted octanol–water partition coefficient (Wildman–Crippen LogP) is 4.08. The zero-order valence-corrected chi connectivity index (χ0v) is 16.6. The van der Waals surface area contributed by atoms with Crippen molar-refractivity contribution in [2.24, 2.45) is 0 Å². The van der Waals surface area contributed by atoms with E-state index in [9.17, 15) is 4.79 Å². The van der Waals surface area contributed by atoms with E-state index in [1.54, 1.807) is 13.8 Å². The van der Waals surface area contributed by atoms with E-state index in [1.165, 1.54) is 0 Å². The predicted molar refractivity (Wildman–Crippen MR) is 107 cm³/mol. The molecule has 0 radical (unpaired) electrons. The number of nitrogens with zero attached hydrogens (tertiary/aromatic N) is 1. The molecule has 1 saturated heterocycles. The Hall–Kier alpha value is -2.05. The zero-order valence-electron chi connectivity index (χ0n) is 15.0. The Morgan fingerprint density at radius 3 is 2.46 bits per heavy atom. The molecule has 1 aliphatic heterocycles. The molecule has 2 aromatic carbocycles.